The van der Waals surface area contributed by atoms with Gasteiger partial charge < -0.3 is 10.6 Å². The summed E-state index contributed by atoms with van der Waals surface area (Å²) in [6.07, 6.45) is -11.7. The molecule has 0 saturated heterocycles. The van der Waals surface area contributed by atoms with Crippen LogP contribution in [-0.2, 0) is 9.59 Å². The summed E-state index contributed by atoms with van der Waals surface area (Å²) in [7, 11) is 0. The van der Waals surface area contributed by atoms with E-state index < -0.39 is 59.9 Å². The van der Waals surface area contributed by atoms with Gasteiger partial charge in [0.15, 0.2) is 0 Å². The van der Waals surface area contributed by atoms with E-state index in [2.05, 4.69) is 0 Å². The molecule has 2 aliphatic carbocycles. The number of nitrogens with one attached hydrogen (secondary N) is 2. The lowest BCUT2D eigenvalue weighted by atomic mass is 9.75. The van der Waals surface area contributed by atoms with Crippen molar-refractivity contribution in [3.63, 3.8) is 0 Å². The van der Waals surface area contributed by atoms with E-state index in [1.807, 2.05) is 0 Å². The van der Waals surface area contributed by atoms with Crippen molar-refractivity contribution in [1.82, 2.24) is 10.6 Å². The first-order valence-electron chi connectivity index (χ1n) is 11.7. The minimum atomic E-state index is -6.65. The van der Waals surface area contributed by atoms with Crippen molar-refractivity contribution in [2.45, 2.75) is 106 Å². The van der Waals surface area contributed by atoms with E-state index in [0.29, 0.717) is 6.42 Å². The van der Waals surface area contributed by atoms with Gasteiger partial charge in [0.1, 0.15) is 0 Å². The molecule has 0 unspecified atom stereocenters. The minimum absolute atomic E-state index is 0.00201. The van der Waals surface area contributed by atoms with Crippen molar-refractivity contribution >= 4 is 11.8 Å². The molecule has 228 valence electrons. The second kappa shape index (κ2) is 11.1. The van der Waals surface area contributed by atoms with Crippen LogP contribution in [0.2, 0.25) is 0 Å². The number of carbonyl (C=O) groups is 2. The molecule has 2 fully saturated rings. The first-order valence-corrected chi connectivity index (χ1v) is 11.7. The fourth-order valence-electron chi connectivity index (χ4n) is 4.75. The van der Waals surface area contributed by atoms with Crippen LogP contribution in [0.25, 0.3) is 0 Å². The van der Waals surface area contributed by atoms with Gasteiger partial charge in [-0.15, -0.1) is 0 Å². The second-order valence-corrected chi connectivity index (χ2v) is 9.91. The molecule has 0 aromatic heterocycles. The van der Waals surface area contributed by atoms with Crippen molar-refractivity contribution in [3.05, 3.63) is 0 Å². The van der Waals surface area contributed by atoms with E-state index in [4.69, 9.17) is 0 Å². The zero-order valence-corrected chi connectivity index (χ0v) is 19.8. The lowest BCUT2D eigenvalue weighted by molar-refractivity contribution is -0.344. The highest BCUT2D eigenvalue weighted by Crippen LogP contribution is 2.48. The first-order chi connectivity index (χ1) is 17.4. The number of rotatable bonds is 8. The first kappa shape index (κ1) is 33.2. The lowest BCUT2D eigenvalue weighted by Gasteiger charge is -2.36. The number of hydrogen-bond acceptors (Lipinski definition) is 2. The van der Waals surface area contributed by atoms with Gasteiger partial charge in [-0.05, 0) is 69.6 Å². The van der Waals surface area contributed by atoms with Crippen LogP contribution in [0.15, 0.2) is 0 Å². The third-order valence-electron chi connectivity index (χ3n) is 7.10. The zero-order valence-electron chi connectivity index (χ0n) is 19.8. The van der Waals surface area contributed by atoms with Gasteiger partial charge in [-0.3, -0.25) is 9.59 Å². The maximum Gasteiger partial charge on any atom is 0.460 e. The van der Waals surface area contributed by atoms with Crippen LogP contribution in [0.3, 0.4) is 0 Å². The number of carbonyl (C=O) groups excluding carboxylic acids is 2. The lowest BCUT2D eigenvalue weighted by Crippen LogP contribution is -2.60. The molecule has 0 radical (unpaired) electrons. The summed E-state index contributed by atoms with van der Waals surface area (Å²) in [6.45, 7) is 0. The molecule has 39 heavy (non-hydrogen) atoms. The van der Waals surface area contributed by atoms with Crippen molar-refractivity contribution in [1.29, 1.82) is 0 Å². The summed E-state index contributed by atoms with van der Waals surface area (Å²) >= 11 is 0. The molecule has 0 aromatic carbocycles. The summed E-state index contributed by atoms with van der Waals surface area (Å²) in [5.41, 5.74) is 0. The summed E-state index contributed by atoms with van der Waals surface area (Å²) in [6, 6.07) is -2.16. The van der Waals surface area contributed by atoms with Crippen molar-refractivity contribution < 1.29 is 71.1 Å². The van der Waals surface area contributed by atoms with Crippen LogP contribution >= 0.6 is 0 Å². The molecule has 2 amide bonds. The molecule has 2 rings (SSSR count). The van der Waals surface area contributed by atoms with E-state index in [1.165, 1.54) is 10.6 Å². The number of alkyl halides is 14. The Labute approximate surface area is 212 Å². The maximum absolute atomic E-state index is 13.5. The minimum Gasteiger partial charge on any atom is -0.348 e. The second-order valence-electron chi connectivity index (χ2n) is 9.91. The Hall–Kier alpha value is -2.04. The Morgan fingerprint density at radius 3 is 0.974 bits per heavy atom. The van der Waals surface area contributed by atoms with Gasteiger partial charge in [0, 0.05) is 12.1 Å². The quantitative estimate of drug-likeness (QED) is 0.317. The van der Waals surface area contributed by atoms with Crippen LogP contribution in [0.1, 0.15) is 57.8 Å². The molecule has 2 saturated carbocycles. The molecule has 4 nitrogen and oxygen atoms in total. The molecule has 0 aromatic rings. The van der Waals surface area contributed by atoms with Crippen molar-refractivity contribution in [2.24, 2.45) is 11.8 Å². The Balaban J connectivity index is 1.80. The van der Waals surface area contributed by atoms with Gasteiger partial charge in [0.2, 0.25) is 0 Å². The normalized spacial score (nSPS) is 26.2. The standard InChI is InChI=1S/C21H24F14N2O2/c22-16(23,18(26,27)20(30,31)32)14(38)36-12-5-1-10(2-6-12)9-11-3-7-13(8-4-11)37-15(39)17(24,25)19(28,29)21(33,34)35/h10-13H,1-9H2,(H,36,38)(H,37,39). The fourth-order valence-corrected chi connectivity index (χ4v) is 4.75. The Bertz CT molecular complexity index is 801. The third kappa shape index (κ3) is 6.82. The predicted octanol–water partition coefficient (Wildman–Crippen LogP) is 6.39. The van der Waals surface area contributed by atoms with Crippen LogP contribution in [-0.4, -0.2) is 59.9 Å². The summed E-state index contributed by atoms with van der Waals surface area (Å²) < 4.78 is 179. The zero-order chi connectivity index (χ0) is 30.2. The van der Waals surface area contributed by atoms with E-state index in [9.17, 15) is 71.1 Å². The van der Waals surface area contributed by atoms with Crippen LogP contribution in [0, 0.1) is 11.8 Å². The molecule has 0 atom stereocenters. The smallest absolute Gasteiger partial charge is 0.348 e. The Kier molecular flexibility index (Phi) is 9.43. The van der Waals surface area contributed by atoms with Crippen molar-refractivity contribution in [2.75, 3.05) is 0 Å². The summed E-state index contributed by atoms with van der Waals surface area (Å²) in [4.78, 5) is 23.0. The molecule has 0 aliphatic heterocycles. The highest BCUT2D eigenvalue weighted by atomic mass is 19.4. The summed E-state index contributed by atoms with van der Waals surface area (Å²) in [5, 5.41) is 3.05. The SMILES string of the molecule is O=C(NC1CCC(CC2CCC(NC(=O)C(F)(F)C(F)(F)C(F)(F)F)CC2)CC1)C(F)(F)C(F)(F)C(F)(F)F. The van der Waals surface area contributed by atoms with E-state index >= 15 is 0 Å². The van der Waals surface area contributed by atoms with E-state index in [-0.39, 0.29) is 63.2 Å². The molecule has 2 aliphatic rings. The van der Waals surface area contributed by atoms with Gasteiger partial charge in [-0.2, -0.15) is 61.5 Å². The number of halogens is 14. The summed E-state index contributed by atoms with van der Waals surface area (Å²) in [5.74, 6) is -30.9. The Morgan fingerprint density at radius 1 is 0.487 bits per heavy atom. The average molecular weight is 602 g/mol. The van der Waals surface area contributed by atoms with Crippen molar-refractivity contribution in [3.8, 4) is 0 Å². The Morgan fingerprint density at radius 2 is 0.744 bits per heavy atom. The van der Waals surface area contributed by atoms with Crippen LogP contribution in [0.5, 0.6) is 0 Å². The monoisotopic (exact) mass is 602 g/mol. The topological polar surface area (TPSA) is 58.2 Å². The third-order valence-corrected chi connectivity index (χ3v) is 7.10. The number of hydrogen-bond donors (Lipinski definition) is 2. The maximum atomic E-state index is 13.5. The molecule has 0 heterocycles. The average Bonchev–Trinajstić information content (AvgIpc) is 2.79. The fraction of sp³-hybridized carbons (Fsp3) is 0.905. The molecule has 0 bridgehead atoms. The van der Waals surface area contributed by atoms with E-state index in [0.717, 1.165) is 0 Å². The highest BCUT2D eigenvalue weighted by Gasteiger charge is 2.77. The highest BCUT2D eigenvalue weighted by molar-refractivity contribution is 5.85. The predicted molar refractivity (Wildman–Crippen MR) is 104 cm³/mol. The largest absolute Gasteiger partial charge is 0.460 e. The van der Waals surface area contributed by atoms with Gasteiger partial charge in [0.25, 0.3) is 11.8 Å². The van der Waals surface area contributed by atoms with Crippen LogP contribution < -0.4 is 10.6 Å². The molecule has 18 heteroatoms. The molecule has 0 spiro atoms. The molecular formula is C21H24F14N2O2. The molecule has 2 N–H and O–H groups in total. The van der Waals surface area contributed by atoms with Crippen LogP contribution in [0.4, 0.5) is 61.5 Å². The van der Waals surface area contributed by atoms with E-state index in [1.54, 1.807) is 0 Å². The van der Waals surface area contributed by atoms with Gasteiger partial charge in [-0.1, -0.05) is 0 Å². The molecular weight excluding hydrogens is 578 g/mol. The van der Waals surface area contributed by atoms with Gasteiger partial charge >= 0.3 is 36.0 Å². The van der Waals surface area contributed by atoms with Gasteiger partial charge in [0.05, 0.1) is 0 Å². The number of amides is 2. The van der Waals surface area contributed by atoms with Gasteiger partial charge in [-0.25, -0.2) is 0 Å².